The third-order valence-corrected chi connectivity index (χ3v) is 5.49. The number of hydrogen-bond acceptors (Lipinski definition) is 5. The molecule has 0 saturated carbocycles. The summed E-state index contributed by atoms with van der Waals surface area (Å²) in [5, 5.41) is 10.7. The quantitative estimate of drug-likeness (QED) is 0.774. The number of nitrogens with zero attached hydrogens (tertiary/aromatic N) is 4. The van der Waals surface area contributed by atoms with E-state index in [0.29, 0.717) is 24.8 Å². The molecule has 8 nitrogen and oxygen atoms in total. The molecule has 2 N–H and O–H groups in total. The molecule has 4 rings (SSSR count). The van der Waals surface area contributed by atoms with E-state index in [2.05, 4.69) is 20.7 Å². The summed E-state index contributed by atoms with van der Waals surface area (Å²) in [5.74, 6) is 1.49. The lowest BCUT2D eigenvalue weighted by Crippen LogP contribution is -2.37. The summed E-state index contributed by atoms with van der Waals surface area (Å²) in [4.78, 5) is 31.0. The van der Waals surface area contributed by atoms with E-state index in [1.54, 1.807) is 16.6 Å². The van der Waals surface area contributed by atoms with Gasteiger partial charge >= 0.3 is 0 Å². The number of piperidine rings is 1. The Morgan fingerprint density at radius 1 is 1.24 bits per heavy atom. The van der Waals surface area contributed by atoms with E-state index in [0.717, 1.165) is 49.4 Å². The van der Waals surface area contributed by atoms with Crippen molar-refractivity contribution in [1.82, 2.24) is 20.1 Å². The van der Waals surface area contributed by atoms with Gasteiger partial charge in [-0.05, 0) is 44.0 Å². The zero-order chi connectivity index (χ0) is 19.5. The minimum atomic E-state index is -0.164. The van der Waals surface area contributed by atoms with E-state index in [1.807, 2.05) is 24.3 Å². The van der Waals surface area contributed by atoms with Crippen molar-refractivity contribution in [2.45, 2.75) is 38.0 Å². The van der Waals surface area contributed by atoms with Gasteiger partial charge in [-0.25, -0.2) is 4.68 Å². The van der Waals surface area contributed by atoms with Crippen molar-refractivity contribution in [1.29, 1.82) is 0 Å². The van der Waals surface area contributed by atoms with Crippen molar-refractivity contribution >= 4 is 35.9 Å². The number of benzene rings is 1. The van der Waals surface area contributed by atoms with Crippen molar-refractivity contribution in [3.05, 3.63) is 35.7 Å². The van der Waals surface area contributed by atoms with Crippen LogP contribution in [-0.2, 0) is 23.1 Å². The number of halogens is 1. The topological polar surface area (TPSA) is 92.2 Å². The van der Waals surface area contributed by atoms with Gasteiger partial charge in [-0.1, -0.05) is 18.2 Å². The summed E-state index contributed by atoms with van der Waals surface area (Å²) in [6.07, 6.45) is 3.48. The summed E-state index contributed by atoms with van der Waals surface area (Å²) in [7, 11) is 1.79. The average Bonchev–Trinajstić information content (AvgIpc) is 3.08. The van der Waals surface area contributed by atoms with E-state index in [4.69, 9.17) is 0 Å². The molecule has 1 aromatic heterocycles. The summed E-state index contributed by atoms with van der Waals surface area (Å²) in [6.45, 7) is 2.30. The summed E-state index contributed by atoms with van der Waals surface area (Å²) < 4.78 is 1.62. The SMILES string of the molecule is Cl.Cn1nc(C2CCNCC2)nc1NC(=O)CCN1C(=O)CCc2ccccc21. The van der Waals surface area contributed by atoms with Crippen LogP contribution in [0.1, 0.15) is 43.0 Å². The van der Waals surface area contributed by atoms with Gasteiger partial charge in [0.15, 0.2) is 5.82 Å². The molecule has 0 spiro atoms. The van der Waals surface area contributed by atoms with Crippen molar-refractivity contribution in [2.24, 2.45) is 7.05 Å². The first-order valence-corrected chi connectivity index (χ1v) is 9.91. The fourth-order valence-electron chi connectivity index (χ4n) is 3.91. The molecule has 0 atom stereocenters. The maximum absolute atomic E-state index is 12.5. The molecular weight excluding hydrogens is 392 g/mol. The molecule has 2 aromatic rings. The van der Waals surface area contributed by atoms with E-state index in [1.165, 1.54) is 0 Å². The molecule has 1 fully saturated rings. The number of nitrogens with one attached hydrogen (secondary N) is 2. The molecule has 0 bridgehead atoms. The van der Waals surface area contributed by atoms with Crippen molar-refractivity contribution in [3.63, 3.8) is 0 Å². The van der Waals surface area contributed by atoms with Gasteiger partial charge in [-0.15, -0.1) is 12.4 Å². The predicted octanol–water partition coefficient (Wildman–Crippen LogP) is 2.01. The second-order valence-electron chi connectivity index (χ2n) is 7.41. The molecular formula is C20H27ClN6O2. The first-order chi connectivity index (χ1) is 13.6. The molecule has 2 amide bonds. The molecule has 156 valence electrons. The normalized spacial score (nSPS) is 16.9. The highest BCUT2D eigenvalue weighted by molar-refractivity contribution is 5.97. The zero-order valence-corrected chi connectivity index (χ0v) is 17.4. The van der Waals surface area contributed by atoms with Crippen molar-refractivity contribution in [2.75, 3.05) is 29.9 Å². The molecule has 2 aliphatic heterocycles. The molecule has 0 unspecified atom stereocenters. The molecule has 29 heavy (non-hydrogen) atoms. The third-order valence-electron chi connectivity index (χ3n) is 5.49. The number of rotatable bonds is 5. The lowest BCUT2D eigenvalue weighted by molar-refractivity contribution is -0.119. The predicted molar refractivity (Wildman–Crippen MR) is 113 cm³/mol. The van der Waals surface area contributed by atoms with Crippen LogP contribution in [0.25, 0.3) is 0 Å². The van der Waals surface area contributed by atoms with Crippen LogP contribution in [-0.4, -0.2) is 46.2 Å². The van der Waals surface area contributed by atoms with Gasteiger partial charge in [-0.3, -0.25) is 14.9 Å². The van der Waals surface area contributed by atoms with Gasteiger partial charge in [0.1, 0.15) is 0 Å². The maximum Gasteiger partial charge on any atom is 0.228 e. The fourth-order valence-corrected chi connectivity index (χ4v) is 3.91. The number of para-hydroxylation sites is 1. The van der Waals surface area contributed by atoms with Crippen LogP contribution in [0.3, 0.4) is 0 Å². The minimum Gasteiger partial charge on any atom is -0.317 e. The van der Waals surface area contributed by atoms with Gasteiger partial charge in [0, 0.05) is 38.0 Å². The molecule has 9 heteroatoms. The number of carbonyl (C=O) groups is 2. The second kappa shape index (κ2) is 9.37. The number of aromatic nitrogens is 3. The lowest BCUT2D eigenvalue weighted by atomic mass is 9.98. The van der Waals surface area contributed by atoms with Crippen LogP contribution in [0.2, 0.25) is 0 Å². The molecule has 1 saturated heterocycles. The van der Waals surface area contributed by atoms with Crippen LogP contribution >= 0.6 is 12.4 Å². The van der Waals surface area contributed by atoms with Gasteiger partial charge < -0.3 is 10.2 Å². The Morgan fingerprint density at radius 3 is 2.79 bits per heavy atom. The highest BCUT2D eigenvalue weighted by Crippen LogP contribution is 2.27. The van der Waals surface area contributed by atoms with E-state index in [-0.39, 0.29) is 30.6 Å². The van der Waals surface area contributed by atoms with Crippen LogP contribution < -0.4 is 15.5 Å². The second-order valence-corrected chi connectivity index (χ2v) is 7.41. The molecule has 0 radical (unpaired) electrons. The maximum atomic E-state index is 12.5. The van der Waals surface area contributed by atoms with Gasteiger partial charge in [0.05, 0.1) is 0 Å². The summed E-state index contributed by atoms with van der Waals surface area (Å²) in [6, 6.07) is 7.88. The Hall–Kier alpha value is -2.45. The highest BCUT2D eigenvalue weighted by Gasteiger charge is 2.25. The fraction of sp³-hybridized carbons (Fsp3) is 0.500. The number of anilines is 2. The number of fused-ring (bicyclic) bond motifs is 1. The van der Waals surface area contributed by atoms with E-state index >= 15 is 0 Å². The number of carbonyl (C=O) groups excluding carboxylic acids is 2. The lowest BCUT2D eigenvalue weighted by Gasteiger charge is -2.29. The molecule has 2 aliphatic rings. The average molecular weight is 419 g/mol. The van der Waals surface area contributed by atoms with Gasteiger partial charge in [0.2, 0.25) is 17.8 Å². The minimum absolute atomic E-state index is 0. The van der Waals surface area contributed by atoms with Crippen molar-refractivity contribution < 1.29 is 9.59 Å². The standard InChI is InChI=1S/C20H26N6O2.ClH/c1-25-20(23-19(24-25)15-8-11-21-12-9-15)22-17(27)10-13-26-16-5-3-2-4-14(16)6-7-18(26)28;/h2-5,15,21H,6-13H2,1H3,(H,22,23,24,27);1H. The first kappa shape index (κ1) is 21.3. The van der Waals surface area contributed by atoms with Gasteiger partial charge in [-0.2, -0.15) is 10.1 Å². The summed E-state index contributed by atoms with van der Waals surface area (Å²) >= 11 is 0. The monoisotopic (exact) mass is 418 g/mol. The first-order valence-electron chi connectivity index (χ1n) is 9.91. The number of aryl methyl sites for hydroxylation is 2. The third kappa shape index (κ3) is 4.76. The highest BCUT2D eigenvalue weighted by atomic mass is 35.5. The number of hydrogen-bond donors (Lipinski definition) is 2. The van der Waals surface area contributed by atoms with Crippen LogP contribution in [0.4, 0.5) is 11.6 Å². The Labute approximate surface area is 176 Å². The summed E-state index contributed by atoms with van der Waals surface area (Å²) in [5.41, 5.74) is 2.07. The zero-order valence-electron chi connectivity index (χ0n) is 16.6. The van der Waals surface area contributed by atoms with E-state index in [9.17, 15) is 9.59 Å². The molecule has 0 aliphatic carbocycles. The Balaban J connectivity index is 0.00000240. The Bertz CT molecular complexity index is 878. The smallest absolute Gasteiger partial charge is 0.228 e. The van der Waals surface area contributed by atoms with E-state index < -0.39 is 0 Å². The van der Waals surface area contributed by atoms with Gasteiger partial charge in [0.25, 0.3) is 0 Å². The Morgan fingerprint density at radius 2 is 2.00 bits per heavy atom. The molecule has 3 heterocycles. The molecule has 1 aromatic carbocycles. The largest absolute Gasteiger partial charge is 0.317 e. The van der Waals surface area contributed by atoms with Crippen LogP contribution in [0, 0.1) is 0 Å². The Kier molecular flexibility index (Phi) is 6.87. The van der Waals surface area contributed by atoms with Crippen LogP contribution in [0.5, 0.6) is 0 Å². The van der Waals surface area contributed by atoms with Crippen molar-refractivity contribution in [3.8, 4) is 0 Å². The van der Waals surface area contributed by atoms with Crippen LogP contribution in [0.15, 0.2) is 24.3 Å². The number of amides is 2.